The lowest BCUT2D eigenvalue weighted by Crippen LogP contribution is -2.17. The average molecular weight is 243 g/mol. The Kier molecular flexibility index (Phi) is 2.06. The molecular weight excluding hydrogens is 232 g/mol. The van der Waals surface area contributed by atoms with Crippen LogP contribution in [-0.2, 0) is 10.2 Å². The van der Waals surface area contributed by atoms with Gasteiger partial charge in [-0.05, 0) is 28.4 Å². The molecule has 0 aromatic carbocycles. The topological polar surface area (TPSA) is 30.2 Å². The summed E-state index contributed by atoms with van der Waals surface area (Å²) in [6, 6.07) is 1.88. The number of rotatable bonds is 1. The molecule has 1 aromatic rings. The van der Waals surface area contributed by atoms with Gasteiger partial charge in [-0.3, -0.25) is 4.79 Å². The number of hydrogen-bond acceptors (Lipinski definition) is 2. The summed E-state index contributed by atoms with van der Waals surface area (Å²) < 4.78 is 6.38. The Labute approximate surface area is 85.4 Å². The zero-order valence-corrected chi connectivity index (χ0v) is 9.06. The molecule has 3 heteroatoms. The van der Waals surface area contributed by atoms with Crippen LogP contribution in [0.25, 0.3) is 0 Å². The van der Waals surface area contributed by atoms with Crippen LogP contribution < -0.4 is 0 Å². The molecule has 0 radical (unpaired) electrons. The lowest BCUT2D eigenvalue weighted by molar-refractivity contribution is -0.117. The molecular formula is C10H11BrO2. The molecule has 1 aliphatic carbocycles. The fourth-order valence-electron chi connectivity index (χ4n) is 1.95. The summed E-state index contributed by atoms with van der Waals surface area (Å²) in [6.07, 6.45) is 3.86. The van der Waals surface area contributed by atoms with Crippen molar-refractivity contribution in [3.63, 3.8) is 0 Å². The second kappa shape index (κ2) is 2.98. The molecule has 0 amide bonds. The quantitative estimate of drug-likeness (QED) is 0.758. The molecule has 1 aliphatic rings. The highest BCUT2D eigenvalue weighted by Gasteiger charge is 2.39. The van der Waals surface area contributed by atoms with E-state index < -0.39 is 0 Å². The third kappa shape index (κ3) is 1.46. The highest BCUT2D eigenvalue weighted by molar-refractivity contribution is 9.10. The summed E-state index contributed by atoms with van der Waals surface area (Å²) in [4.78, 5) is 11.2. The Balaban J connectivity index is 2.35. The molecule has 0 aliphatic heterocycles. The van der Waals surface area contributed by atoms with Gasteiger partial charge in [0.1, 0.15) is 11.5 Å². The van der Waals surface area contributed by atoms with E-state index in [0.717, 1.165) is 16.7 Å². The van der Waals surface area contributed by atoms with Crippen molar-refractivity contribution in [2.24, 2.45) is 0 Å². The molecule has 1 heterocycles. The SMILES string of the molecule is CC1(c2occc2Br)CCC(=O)C1. The molecule has 1 unspecified atom stereocenters. The zero-order valence-electron chi connectivity index (χ0n) is 7.47. The Bertz CT molecular complexity index is 342. The average Bonchev–Trinajstić information content (AvgIpc) is 2.59. The molecule has 2 rings (SSSR count). The number of Topliss-reactive ketones (excluding diaryl/α,β-unsaturated/α-hetero) is 1. The van der Waals surface area contributed by atoms with Crippen molar-refractivity contribution < 1.29 is 9.21 Å². The maximum absolute atomic E-state index is 11.2. The first-order valence-electron chi connectivity index (χ1n) is 4.37. The van der Waals surface area contributed by atoms with Gasteiger partial charge in [-0.15, -0.1) is 0 Å². The van der Waals surface area contributed by atoms with Crippen LogP contribution in [0.4, 0.5) is 0 Å². The van der Waals surface area contributed by atoms with Crippen molar-refractivity contribution in [1.82, 2.24) is 0 Å². The molecule has 1 aromatic heterocycles. The van der Waals surface area contributed by atoms with E-state index in [1.54, 1.807) is 6.26 Å². The monoisotopic (exact) mass is 242 g/mol. The van der Waals surface area contributed by atoms with Gasteiger partial charge in [-0.1, -0.05) is 6.92 Å². The van der Waals surface area contributed by atoms with Gasteiger partial charge in [-0.25, -0.2) is 0 Å². The smallest absolute Gasteiger partial charge is 0.133 e. The van der Waals surface area contributed by atoms with Crippen LogP contribution >= 0.6 is 15.9 Å². The van der Waals surface area contributed by atoms with E-state index in [4.69, 9.17) is 4.42 Å². The van der Waals surface area contributed by atoms with E-state index in [0.29, 0.717) is 18.6 Å². The molecule has 0 bridgehead atoms. The molecule has 1 atom stereocenters. The van der Waals surface area contributed by atoms with Crippen LogP contribution in [0.2, 0.25) is 0 Å². The standard InChI is InChI=1S/C10H11BrO2/c1-10(4-2-7(12)6-10)9-8(11)3-5-13-9/h3,5H,2,4,6H2,1H3. The second-order valence-corrected chi connectivity index (χ2v) is 4.73. The highest BCUT2D eigenvalue weighted by Crippen LogP contribution is 2.42. The lowest BCUT2D eigenvalue weighted by Gasteiger charge is -2.19. The van der Waals surface area contributed by atoms with Gasteiger partial charge in [-0.2, -0.15) is 0 Å². The zero-order chi connectivity index (χ0) is 9.47. The van der Waals surface area contributed by atoms with Gasteiger partial charge in [0.05, 0.1) is 10.7 Å². The van der Waals surface area contributed by atoms with Crippen LogP contribution in [0.1, 0.15) is 31.9 Å². The first-order chi connectivity index (χ1) is 6.12. The van der Waals surface area contributed by atoms with E-state index in [9.17, 15) is 4.79 Å². The number of furan rings is 1. The molecule has 13 heavy (non-hydrogen) atoms. The summed E-state index contributed by atoms with van der Waals surface area (Å²) in [5.74, 6) is 1.25. The maximum Gasteiger partial charge on any atom is 0.133 e. The van der Waals surface area contributed by atoms with Crippen LogP contribution in [0, 0.1) is 0 Å². The van der Waals surface area contributed by atoms with Crippen molar-refractivity contribution >= 4 is 21.7 Å². The van der Waals surface area contributed by atoms with E-state index >= 15 is 0 Å². The highest BCUT2D eigenvalue weighted by atomic mass is 79.9. The predicted molar refractivity (Wildman–Crippen MR) is 52.6 cm³/mol. The first kappa shape index (κ1) is 9.00. The van der Waals surface area contributed by atoms with E-state index in [1.165, 1.54) is 0 Å². The summed E-state index contributed by atoms with van der Waals surface area (Å²) in [6.45, 7) is 2.08. The van der Waals surface area contributed by atoms with Crippen molar-refractivity contribution in [1.29, 1.82) is 0 Å². The maximum atomic E-state index is 11.2. The van der Waals surface area contributed by atoms with E-state index in [-0.39, 0.29) is 5.41 Å². The first-order valence-corrected chi connectivity index (χ1v) is 5.16. The van der Waals surface area contributed by atoms with Crippen LogP contribution in [-0.4, -0.2) is 5.78 Å². The van der Waals surface area contributed by atoms with Gasteiger partial charge < -0.3 is 4.42 Å². The molecule has 0 saturated heterocycles. The normalized spacial score (nSPS) is 28.3. The summed E-state index contributed by atoms with van der Waals surface area (Å²) >= 11 is 3.43. The Morgan fingerprint density at radius 2 is 2.38 bits per heavy atom. The largest absolute Gasteiger partial charge is 0.468 e. The fraction of sp³-hybridized carbons (Fsp3) is 0.500. The lowest BCUT2D eigenvalue weighted by atomic mass is 9.86. The summed E-state index contributed by atoms with van der Waals surface area (Å²) in [7, 11) is 0. The number of halogens is 1. The predicted octanol–water partition coefficient (Wildman–Crippen LogP) is 3.05. The molecule has 1 saturated carbocycles. The van der Waals surface area contributed by atoms with Crippen molar-refractivity contribution in [2.75, 3.05) is 0 Å². The van der Waals surface area contributed by atoms with Gasteiger partial charge >= 0.3 is 0 Å². The van der Waals surface area contributed by atoms with Gasteiger partial charge in [0, 0.05) is 18.3 Å². The number of hydrogen-bond donors (Lipinski definition) is 0. The third-order valence-electron chi connectivity index (χ3n) is 2.71. The van der Waals surface area contributed by atoms with Crippen LogP contribution in [0.3, 0.4) is 0 Å². The minimum Gasteiger partial charge on any atom is -0.468 e. The van der Waals surface area contributed by atoms with Gasteiger partial charge in [0.2, 0.25) is 0 Å². The van der Waals surface area contributed by atoms with Crippen molar-refractivity contribution in [3.05, 3.63) is 22.6 Å². The Morgan fingerprint density at radius 1 is 1.62 bits per heavy atom. The Morgan fingerprint density at radius 3 is 2.85 bits per heavy atom. The Hall–Kier alpha value is -0.570. The summed E-state index contributed by atoms with van der Waals surface area (Å²) in [5.41, 5.74) is -0.0839. The number of carbonyl (C=O) groups excluding carboxylic acids is 1. The third-order valence-corrected chi connectivity index (χ3v) is 3.33. The molecule has 0 spiro atoms. The van der Waals surface area contributed by atoms with Crippen molar-refractivity contribution in [2.45, 2.75) is 31.6 Å². The summed E-state index contributed by atoms with van der Waals surface area (Å²) in [5, 5.41) is 0. The van der Waals surface area contributed by atoms with Gasteiger partial charge in [0.25, 0.3) is 0 Å². The van der Waals surface area contributed by atoms with Crippen LogP contribution in [0.15, 0.2) is 21.2 Å². The van der Waals surface area contributed by atoms with E-state index in [2.05, 4.69) is 22.9 Å². The second-order valence-electron chi connectivity index (χ2n) is 3.87. The fourth-order valence-corrected chi connectivity index (χ4v) is 2.63. The molecule has 70 valence electrons. The number of ketones is 1. The molecule has 0 N–H and O–H groups in total. The minimum atomic E-state index is -0.0839. The molecule has 1 fully saturated rings. The number of carbonyl (C=O) groups is 1. The van der Waals surface area contributed by atoms with E-state index in [1.807, 2.05) is 6.07 Å². The van der Waals surface area contributed by atoms with Crippen molar-refractivity contribution in [3.8, 4) is 0 Å². The van der Waals surface area contributed by atoms with Crippen LogP contribution in [0.5, 0.6) is 0 Å². The minimum absolute atomic E-state index is 0.0839. The van der Waals surface area contributed by atoms with Gasteiger partial charge in [0.15, 0.2) is 0 Å². The molecule has 2 nitrogen and oxygen atoms in total.